The van der Waals surface area contributed by atoms with Crippen LogP contribution in [0.4, 0.5) is 0 Å². The Hall–Kier alpha value is -6.98. The maximum atomic E-state index is 14.2. The quantitative estimate of drug-likeness (QED) is 0.0325. The Morgan fingerprint density at radius 3 is 1.22 bits per heavy atom. The fraction of sp³-hybridized carbons (Fsp3) is 0.447. The van der Waals surface area contributed by atoms with Crippen LogP contribution in [0.15, 0.2) is 84.9 Å². The minimum absolute atomic E-state index is 0.00314. The maximum absolute atomic E-state index is 14.2. The van der Waals surface area contributed by atoms with Crippen molar-refractivity contribution in [2.45, 2.75) is 120 Å². The molecule has 22 nitrogen and oxygen atoms in total. The van der Waals surface area contributed by atoms with Crippen LogP contribution in [0.1, 0.15) is 56.7 Å². The highest BCUT2D eigenvalue weighted by Crippen LogP contribution is 2.14. The molecule has 0 fully saturated rings. The number of unbranched alkanes of at least 4 members (excludes halogenated alkanes) is 1. The van der Waals surface area contributed by atoms with Crippen molar-refractivity contribution in [3.8, 4) is 5.75 Å². The first-order valence-corrected chi connectivity index (χ1v) is 22.4. The Morgan fingerprint density at radius 1 is 0.464 bits per heavy atom. The van der Waals surface area contributed by atoms with Crippen molar-refractivity contribution in [1.82, 2.24) is 37.2 Å². The molecule has 0 bridgehead atoms. The second-order valence-corrected chi connectivity index (χ2v) is 16.6. The van der Waals surface area contributed by atoms with Gasteiger partial charge in [-0.1, -0.05) is 72.8 Å². The van der Waals surface area contributed by atoms with Crippen LogP contribution >= 0.6 is 0 Å². The number of hydrogen-bond donors (Lipinski definition) is 14. The molecule has 0 saturated carbocycles. The van der Waals surface area contributed by atoms with Crippen LogP contribution in [0.25, 0.3) is 0 Å². The van der Waals surface area contributed by atoms with E-state index in [1.807, 2.05) is 0 Å². The van der Waals surface area contributed by atoms with Crippen molar-refractivity contribution in [2.24, 2.45) is 11.5 Å². The molecule has 0 radical (unpaired) electrons. The maximum Gasteiger partial charge on any atom is 0.328 e. The van der Waals surface area contributed by atoms with Gasteiger partial charge < -0.3 is 74.2 Å². The third kappa shape index (κ3) is 18.9. The van der Waals surface area contributed by atoms with Crippen molar-refractivity contribution >= 4 is 47.3 Å². The van der Waals surface area contributed by atoms with Crippen LogP contribution in [0.3, 0.4) is 0 Å². The SMILES string of the molecule is C[C@@H](O)[C@H](NC(=O)[C@H](Cc1ccc(O)cc1)NC(=O)[C@H](CCCCN)NC(=O)[C@@H](NC(=O)[C@H](Cc1ccccc1)NC(=O)[C@@H](NC(=O)[C@H](Cc1ccccc1)NC(=O)CN)[C@@H](C)O)[C@@H](C)O)C(=O)O. The summed E-state index contributed by atoms with van der Waals surface area (Å²) in [5.74, 6) is -8.16. The number of carbonyl (C=O) groups excluding carboxylic acids is 7. The number of hydrogen-bond acceptors (Lipinski definition) is 14. The first-order valence-electron chi connectivity index (χ1n) is 22.4. The molecule has 0 saturated heterocycles. The molecule has 0 aliphatic rings. The van der Waals surface area contributed by atoms with E-state index in [1.165, 1.54) is 38.1 Å². The Morgan fingerprint density at radius 2 is 0.826 bits per heavy atom. The van der Waals surface area contributed by atoms with Gasteiger partial charge in [-0.05, 0) is 75.4 Å². The zero-order valence-electron chi connectivity index (χ0n) is 38.7. The van der Waals surface area contributed by atoms with Gasteiger partial charge in [-0.25, -0.2) is 4.79 Å². The second-order valence-electron chi connectivity index (χ2n) is 16.6. The molecule has 10 atom stereocenters. The van der Waals surface area contributed by atoms with Gasteiger partial charge in [-0.2, -0.15) is 0 Å². The summed E-state index contributed by atoms with van der Waals surface area (Å²) in [5, 5.41) is 68.2. The standard InChI is InChI=1S/C47H65N9O13/c1-26(57)38(45(66)51-33(16-10-11-21-48)41(62)52-35(24-31-17-19-32(60)20-18-31)44(65)56-40(28(3)59)47(68)69)55-43(64)36(23-30-14-8-5-9-15-30)53-46(67)39(27(2)58)54-42(63)34(50-37(61)25-49)22-29-12-6-4-7-13-29/h4-9,12-15,17-20,26-28,33-36,38-40,57-60H,10-11,16,21-25,48-49H2,1-3H3,(H,50,61)(H,51,66)(H,52,62)(H,53,67)(H,54,63)(H,55,64)(H,56,65)(H,68,69)/t26-,27-,28-,33+,34+,35+,36+,38+,39+,40+/m1/s1. The van der Waals surface area contributed by atoms with Crippen LogP contribution in [-0.2, 0) is 57.6 Å². The largest absolute Gasteiger partial charge is 0.508 e. The molecular weight excluding hydrogens is 899 g/mol. The molecule has 16 N–H and O–H groups in total. The van der Waals surface area contributed by atoms with Crippen molar-refractivity contribution < 1.29 is 63.9 Å². The third-order valence-electron chi connectivity index (χ3n) is 10.8. The average Bonchev–Trinajstić information content (AvgIpc) is 3.31. The third-order valence-corrected chi connectivity index (χ3v) is 10.8. The molecule has 3 rings (SSSR count). The van der Waals surface area contributed by atoms with Crippen molar-refractivity contribution in [3.63, 3.8) is 0 Å². The molecule has 0 aliphatic heterocycles. The summed E-state index contributed by atoms with van der Waals surface area (Å²) in [6.45, 7) is 3.33. The predicted molar refractivity (Wildman–Crippen MR) is 250 cm³/mol. The lowest BCUT2D eigenvalue weighted by molar-refractivity contribution is -0.145. The number of carboxylic acid groups (broad SMARTS) is 1. The zero-order valence-corrected chi connectivity index (χ0v) is 38.7. The van der Waals surface area contributed by atoms with E-state index >= 15 is 0 Å². The minimum atomic E-state index is -1.77. The van der Waals surface area contributed by atoms with Crippen LogP contribution in [0.2, 0.25) is 0 Å². The van der Waals surface area contributed by atoms with E-state index in [0.29, 0.717) is 23.1 Å². The number of aliphatic hydroxyl groups is 3. The van der Waals surface area contributed by atoms with Gasteiger partial charge in [0.2, 0.25) is 41.4 Å². The predicted octanol–water partition coefficient (Wildman–Crippen LogP) is -2.87. The molecule has 0 aliphatic carbocycles. The number of carboxylic acids is 1. The van der Waals surface area contributed by atoms with Crippen LogP contribution in [0, 0.1) is 0 Å². The van der Waals surface area contributed by atoms with E-state index in [1.54, 1.807) is 60.7 Å². The zero-order chi connectivity index (χ0) is 51.2. The summed E-state index contributed by atoms with van der Waals surface area (Å²) in [6, 6.07) is 11.7. The number of phenols is 1. The lowest BCUT2D eigenvalue weighted by atomic mass is 10.0. The van der Waals surface area contributed by atoms with Gasteiger partial charge in [-0.15, -0.1) is 0 Å². The van der Waals surface area contributed by atoms with Crippen LogP contribution in [0.5, 0.6) is 5.75 Å². The molecule has 376 valence electrons. The molecule has 0 unspecified atom stereocenters. The molecular formula is C47H65N9O13. The molecule has 0 heterocycles. The smallest absolute Gasteiger partial charge is 0.328 e. The Kier molecular flexibility index (Phi) is 23.2. The number of nitrogens with one attached hydrogen (secondary N) is 7. The fourth-order valence-electron chi connectivity index (χ4n) is 6.97. The summed E-state index contributed by atoms with van der Waals surface area (Å²) >= 11 is 0. The van der Waals surface area contributed by atoms with E-state index < -0.39 is 114 Å². The lowest BCUT2D eigenvalue weighted by Gasteiger charge is -2.29. The summed E-state index contributed by atoms with van der Waals surface area (Å²) < 4.78 is 0. The first-order chi connectivity index (χ1) is 32.7. The molecule has 0 spiro atoms. The number of nitrogens with two attached hydrogens (primary N) is 2. The lowest BCUT2D eigenvalue weighted by Crippen LogP contribution is -2.63. The van der Waals surface area contributed by atoms with Crippen molar-refractivity contribution in [3.05, 3.63) is 102 Å². The summed E-state index contributed by atoms with van der Waals surface area (Å²) in [4.78, 5) is 107. The van der Waals surface area contributed by atoms with Gasteiger partial charge in [0.1, 0.15) is 42.0 Å². The molecule has 3 aromatic rings. The van der Waals surface area contributed by atoms with Gasteiger partial charge >= 0.3 is 5.97 Å². The van der Waals surface area contributed by atoms with E-state index in [4.69, 9.17) is 11.5 Å². The number of phenolic OH excluding ortho intramolecular Hbond substituents is 1. The van der Waals surface area contributed by atoms with Crippen molar-refractivity contribution in [2.75, 3.05) is 13.1 Å². The monoisotopic (exact) mass is 963 g/mol. The average molecular weight is 964 g/mol. The molecule has 7 amide bonds. The van der Waals surface area contributed by atoms with Crippen molar-refractivity contribution in [1.29, 1.82) is 0 Å². The fourth-order valence-corrected chi connectivity index (χ4v) is 6.97. The molecule has 0 aromatic heterocycles. The summed E-state index contributed by atoms with van der Waals surface area (Å²) in [5.41, 5.74) is 12.8. The van der Waals surface area contributed by atoms with E-state index in [2.05, 4.69) is 37.2 Å². The van der Waals surface area contributed by atoms with E-state index in [-0.39, 0.29) is 44.4 Å². The van der Waals surface area contributed by atoms with Gasteiger partial charge in [0.25, 0.3) is 0 Å². The number of benzene rings is 3. The van der Waals surface area contributed by atoms with Crippen LogP contribution < -0.4 is 48.7 Å². The van der Waals surface area contributed by atoms with Crippen LogP contribution in [-0.4, -0.2) is 147 Å². The minimum Gasteiger partial charge on any atom is -0.508 e. The number of aliphatic hydroxyl groups excluding tert-OH is 3. The summed E-state index contributed by atoms with van der Waals surface area (Å²) in [6.07, 6.45) is -4.51. The van der Waals surface area contributed by atoms with Gasteiger partial charge in [-0.3, -0.25) is 33.6 Å². The number of aromatic hydroxyl groups is 1. The normalized spacial score (nSPS) is 15.4. The Balaban J connectivity index is 1.90. The van der Waals surface area contributed by atoms with Gasteiger partial charge in [0, 0.05) is 19.3 Å². The molecule has 3 aromatic carbocycles. The van der Waals surface area contributed by atoms with Gasteiger partial charge in [0.15, 0.2) is 6.04 Å². The Bertz CT molecular complexity index is 2160. The highest BCUT2D eigenvalue weighted by atomic mass is 16.4. The highest BCUT2D eigenvalue weighted by molar-refractivity contribution is 5.98. The summed E-state index contributed by atoms with van der Waals surface area (Å²) in [7, 11) is 0. The number of aliphatic carboxylic acids is 1. The van der Waals surface area contributed by atoms with E-state index in [0.717, 1.165) is 6.92 Å². The first kappa shape index (κ1) is 56.3. The van der Waals surface area contributed by atoms with Gasteiger partial charge in [0.05, 0.1) is 24.9 Å². The molecule has 22 heteroatoms. The highest BCUT2D eigenvalue weighted by Gasteiger charge is 2.37. The van der Waals surface area contributed by atoms with E-state index in [9.17, 15) is 63.9 Å². The molecule has 69 heavy (non-hydrogen) atoms. The Labute approximate surface area is 399 Å². The number of rotatable bonds is 28. The number of carbonyl (C=O) groups is 8. The number of amides is 7. The second kappa shape index (κ2) is 28.4. The topological polar surface area (TPSA) is 374 Å².